The van der Waals surface area contributed by atoms with E-state index >= 15 is 0 Å². The minimum atomic E-state index is -4.41. The van der Waals surface area contributed by atoms with Crippen LogP contribution in [0.3, 0.4) is 0 Å². The number of nitrogens with one attached hydrogen (secondary N) is 1. The van der Waals surface area contributed by atoms with Crippen LogP contribution in [-0.2, 0) is 17.4 Å². The molecular weight excluding hydrogens is 383 g/mol. The van der Waals surface area contributed by atoms with Gasteiger partial charge in [0.05, 0.1) is 11.3 Å². The number of aromatic nitrogens is 2. The van der Waals surface area contributed by atoms with E-state index in [9.17, 15) is 18.0 Å². The second-order valence-corrected chi connectivity index (χ2v) is 6.19. The Balaban J connectivity index is 1.49. The largest absolute Gasteiger partial charge is 0.484 e. The van der Waals surface area contributed by atoms with Crippen molar-refractivity contribution in [2.75, 3.05) is 13.2 Å². The highest BCUT2D eigenvalue weighted by molar-refractivity contribution is 6.30. The molecule has 0 radical (unpaired) electrons. The highest BCUT2D eigenvalue weighted by atomic mass is 35.5. The van der Waals surface area contributed by atoms with E-state index in [0.29, 0.717) is 35.1 Å². The van der Waals surface area contributed by atoms with Crippen molar-refractivity contribution in [1.29, 1.82) is 0 Å². The Morgan fingerprint density at radius 2 is 1.89 bits per heavy atom. The number of carbonyl (C=O) groups is 1. The minimum absolute atomic E-state index is 0.151. The van der Waals surface area contributed by atoms with E-state index in [2.05, 4.69) is 10.3 Å². The van der Waals surface area contributed by atoms with Gasteiger partial charge in [0.1, 0.15) is 11.4 Å². The number of fused-ring (bicyclic) bond motifs is 1. The number of pyridine rings is 1. The van der Waals surface area contributed by atoms with Gasteiger partial charge in [-0.05, 0) is 36.4 Å². The van der Waals surface area contributed by atoms with Gasteiger partial charge in [-0.2, -0.15) is 13.2 Å². The number of amides is 1. The molecule has 0 aliphatic heterocycles. The maximum absolute atomic E-state index is 12.7. The zero-order valence-electron chi connectivity index (χ0n) is 14.0. The van der Waals surface area contributed by atoms with E-state index in [4.69, 9.17) is 16.3 Å². The molecule has 2 aromatic heterocycles. The summed E-state index contributed by atoms with van der Waals surface area (Å²) in [5.74, 6) is 0.212. The number of carbonyl (C=O) groups excluding carboxylic acids is 1. The smallest absolute Gasteiger partial charge is 0.417 e. The second-order valence-electron chi connectivity index (χ2n) is 5.76. The third-order valence-electron chi connectivity index (χ3n) is 3.72. The van der Waals surface area contributed by atoms with E-state index in [0.717, 1.165) is 12.3 Å². The molecule has 5 nitrogen and oxygen atoms in total. The molecule has 0 saturated carbocycles. The summed E-state index contributed by atoms with van der Waals surface area (Å²) in [7, 11) is 0. The first kappa shape index (κ1) is 19.0. The molecule has 142 valence electrons. The van der Waals surface area contributed by atoms with E-state index < -0.39 is 11.7 Å². The highest BCUT2D eigenvalue weighted by Gasteiger charge is 2.30. The van der Waals surface area contributed by atoms with Crippen molar-refractivity contribution >= 4 is 23.2 Å². The van der Waals surface area contributed by atoms with Gasteiger partial charge in [-0.3, -0.25) is 4.79 Å². The summed E-state index contributed by atoms with van der Waals surface area (Å²) in [5, 5.41) is 3.24. The lowest BCUT2D eigenvalue weighted by Gasteiger charge is -2.07. The lowest BCUT2D eigenvalue weighted by Crippen LogP contribution is -2.30. The van der Waals surface area contributed by atoms with Crippen molar-refractivity contribution in [2.45, 2.75) is 12.6 Å². The van der Waals surface area contributed by atoms with Crippen LogP contribution in [0.4, 0.5) is 13.2 Å². The first-order valence-corrected chi connectivity index (χ1v) is 8.39. The van der Waals surface area contributed by atoms with Crippen molar-refractivity contribution < 1.29 is 22.7 Å². The molecule has 0 aliphatic rings. The molecule has 0 atom stereocenters. The molecule has 1 amide bonds. The molecule has 0 saturated heterocycles. The molecule has 2 heterocycles. The third-order valence-corrected chi connectivity index (χ3v) is 3.97. The number of hydrogen-bond acceptors (Lipinski definition) is 3. The van der Waals surface area contributed by atoms with E-state index in [-0.39, 0.29) is 12.5 Å². The average molecular weight is 398 g/mol. The Kier molecular flexibility index (Phi) is 5.55. The van der Waals surface area contributed by atoms with Gasteiger partial charge < -0.3 is 14.5 Å². The van der Waals surface area contributed by atoms with Crippen LogP contribution in [0.15, 0.2) is 48.8 Å². The van der Waals surface area contributed by atoms with Crippen molar-refractivity contribution in [1.82, 2.24) is 14.7 Å². The monoisotopic (exact) mass is 397 g/mol. The fourth-order valence-corrected chi connectivity index (χ4v) is 2.52. The molecule has 0 unspecified atom stereocenters. The maximum atomic E-state index is 12.7. The van der Waals surface area contributed by atoms with Gasteiger partial charge in [0, 0.05) is 30.4 Å². The van der Waals surface area contributed by atoms with Gasteiger partial charge in [0.15, 0.2) is 6.61 Å². The third kappa shape index (κ3) is 5.13. The molecule has 27 heavy (non-hydrogen) atoms. The van der Waals surface area contributed by atoms with Crippen LogP contribution in [0.5, 0.6) is 5.75 Å². The number of ether oxygens (including phenoxy) is 1. The molecule has 0 fully saturated rings. The van der Waals surface area contributed by atoms with E-state index in [1.807, 2.05) is 0 Å². The molecule has 0 spiro atoms. The summed E-state index contributed by atoms with van der Waals surface area (Å²) >= 11 is 5.76. The lowest BCUT2D eigenvalue weighted by atomic mass is 10.3. The summed E-state index contributed by atoms with van der Waals surface area (Å²) in [5.41, 5.74) is 0.246. The molecule has 3 rings (SSSR count). The highest BCUT2D eigenvalue weighted by Crippen LogP contribution is 2.29. The number of imidazole rings is 1. The van der Waals surface area contributed by atoms with Crippen LogP contribution in [0.1, 0.15) is 11.3 Å². The number of alkyl halides is 3. The minimum Gasteiger partial charge on any atom is -0.484 e. The van der Waals surface area contributed by atoms with Gasteiger partial charge in [-0.1, -0.05) is 11.6 Å². The van der Waals surface area contributed by atoms with Gasteiger partial charge in [0.2, 0.25) is 0 Å². The van der Waals surface area contributed by atoms with Gasteiger partial charge in [-0.25, -0.2) is 4.98 Å². The first-order chi connectivity index (χ1) is 12.8. The van der Waals surface area contributed by atoms with Crippen molar-refractivity contribution in [3.05, 3.63) is 65.1 Å². The molecule has 9 heteroatoms. The van der Waals surface area contributed by atoms with Gasteiger partial charge >= 0.3 is 6.18 Å². The van der Waals surface area contributed by atoms with Crippen molar-refractivity contribution in [3.8, 4) is 5.75 Å². The Bertz CT molecular complexity index is 939. The van der Waals surface area contributed by atoms with E-state index in [1.54, 1.807) is 24.3 Å². The fourth-order valence-electron chi connectivity index (χ4n) is 2.39. The molecular formula is C18H15ClF3N3O2. The predicted octanol–water partition coefficient (Wildman–Crippen LogP) is 3.74. The summed E-state index contributed by atoms with van der Waals surface area (Å²) in [6, 6.07) is 8.92. The molecule has 3 aromatic rings. The van der Waals surface area contributed by atoms with Gasteiger partial charge in [-0.15, -0.1) is 0 Å². The SMILES string of the molecule is O=C(COc1ccc(Cl)cc1)NCCc1cn2cc(C(F)(F)F)ccc2n1. The summed E-state index contributed by atoms with van der Waals surface area (Å²) < 4.78 is 44.8. The van der Waals surface area contributed by atoms with Crippen LogP contribution < -0.4 is 10.1 Å². The number of benzene rings is 1. The summed E-state index contributed by atoms with van der Waals surface area (Å²) in [4.78, 5) is 16.0. The Morgan fingerprint density at radius 1 is 1.15 bits per heavy atom. The second kappa shape index (κ2) is 7.87. The number of nitrogens with zero attached hydrogens (tertiary/aromatic N) is 2. The quantitative estimate of drug-likeness (QED) is 0.689. The van der Waals surface area contributed by atoms with Crippen LogP contribution >= 0.6 is 11.6 Å². The summed E-state index contributed by atoms with van der Waals surface area (Å²) in [6.07, 6.45) is -1.52. The number of halogens is 4. The number of rotatable bonds is 6. The summed E-state index contributed by atoms with van der Waals surface area (Å²) in [6.45, 7) is 0.139. The van der Waals surface area contributed by atoms with Gasteiger partial charge in [0.25, 0.3) is 5.91 Å². The molecule has 1 N–H and O–H groups in total. The predicted molar refractivity (Wildman–Crippen MR) is 93.9 cm³/mol. The zero-order chi connectivity index (χ0) is 19.4. The molecule has 0 bridgehead atoms. The van der Waals surface area contributed by atoms with Crippen molar-refractivity contribution in [3.63, 3.8) is 0 Å². The normalized spacial score (nSPS) is 11.6. The zero-order valence-corrected chi connectivity index (χ0v) is 14.7. The lowest BCUT2D eigenvalue weighted by molar-refractivity contribution is -0.137. The molecule has 0 aliphatic carbocycles. The Hall–Kier alpha value is -2.74. The fraction of sp³-hybridized carbons (Fsp3) is 0.222. The van der Waals surface area contributed by atoms with Crippen LogP contribution in [0.25, 0.3) is 5.65 Å². The standard InChI is InChI=1S/C18H15ClF3N3O2/c19-13-2-4-15(5-3-13)27-11-17(26)23-8-7-14-10-25-9-12(18(20,21)22)1-6-16(25)24-14/h1-6,9-10H,7-8,11H2,(H,23,26). The first-order valence-electron chi connectivity index (χ1n) is 8.01. The van der Waals surface area contributed by atoms with Crippen LogP contribution in [0, 0.1) is 0 Å². The maximum Gasteiger partial charge on any atom is 0.417 e. The topological polar surface area (TPSA) is 55.6 Å². The number of hydrogen-bond donors (Lipinski definition) is 1. The molecule has 1 aromatic carbocycles. The van der Waals surface area contributed by atoms with Crippen LogP contribution in [-0.4, -0.2) is 28.4 Å². The Morgan fingerprint density at radius 3 is 2.59 bits per heavy atom. The van der Waals surface area contributed by atoms with Crippen LogP contribution in [0.2, 0.25) is 5.02 Å². The van der Waals surface area contributed by atoms with Crippen molar-refractivity contribution in [2.24, 2.45) is 0 Å². The average Bonchev–Trinajstić information content (AvgIpc) is 3.02. The Labute approximate surface area is 157 Å². The van der Waals surface area contributed by atoms with E-state index in [1.165, 1.54) is 16.7 Å².